The van der Waals surface area contributed by atoms with Crippen molar-refractivity contribution in [1.82, 2.24) is 4.90 Å². The smallest absolute Gasteiger partial charge is 0.322 e. The van der Waals surface area contributed by atoms with Crippen LogP contribution in [0, 0.1) is 0 Å². The van der Waals surface area contributed by atoms with Crippen LogP contribution in [0.5, 0.6) is 17.2 Å². The molecule has 2 aromatic carbocycles. The molecule has 0 fully saturated rings. The van der Waals surface area contributed by atoms with Crippen LogP contribution in [0.3, 0.4) is 0 Å². The van der Waals surface area contributed by atoms with Crippen molar-refractivity contribution in [2.75, 3.05) is 39.7 Å². The first-order valence-electron chi connectivity index (χ1n) is 9.84. The van der Waals surface area contributed by atoms with Gasteiger partial charge in [0.05, 0.1) is 39.3 Å². The van der Waals surface area contributed by atoms with Crippen LogP contribution in [0.25, 0.3) is 0 Å². The molecule has 1 aliphatic rings. The fourth-order valence-electron chi connectivity index (χ4n) is 3.30. The summed E-state index contributed by atoms with van der Waals surface area (Å²) in [6.07, 6.45) is 1.96. The first kappa shape index (κ1) is 22.0. The molecular formula is C23H27N3O5. The van der Waals surface area contributed by atoms with Gasteiger partial charge in [-0.3, -0.25) is 0 Å². The van der Waals surface area contributed by atoms with E-state index in [-0.39, 0.29) is 12.1 Å². The second-order valence-corrected chi connectivity index (χ2v) is 6.86. The number of hydrogen-bond acceptors (Lipinski definition) is 6. The Balaban J connectivity index is 1.65. The summed E-state index contributed by atoms with van der Waals surface area (Å²) < 4.78 is 15.9. The second-order valence-electron chi connectivity index (χ2n) is 6.86. The number of amides is 2. The van der Waals surface area contributed by atoms with Crippen LogP contribution in [0.15, 0.2) is 60.3 Å². The fourth-order valence-corrected chi connectivity index (χ4v) is 3.30. The molecule has 2 aromatic rings. The summed E-state index contributed by atoms with van der Waals surface area (Å²) in [6.45, 7) is 4.48. The molecule has 0 unspecified atom stereocenters. The third kappa shape index (κ3) is 5.28. The van der Waals surface area contributed by atoms with E-state index in [2.05, 4.69) is 17.1 Å². The highest BCUT2D eigenvalue weighted by molar-refractivity contribution is 6.01. The Morgan fingerprint density at radius 1 is 1.16 bits per heavy atom. The molecule has 0 saturated heterocycles. The summed E-state index contributed by atoms with van der Waals surface area (Å²) in [4.78, 5) is 20.1. The predicted molar refractivity (Wildman–Crippen MR) is 119 cm³/mol. The molecule has 0 radical (unpaired) electrons. The zero-order valence-corrected chi connectivity index (χ0v) is 18.0. The highest BCUT2D eigenvalue weighted by Crippen LogP contribution is 2.30. The van der Waals surface area contributed by atoms with E-state index in [9.17, 15) is 4.79 Å². The van der Waals surface area contributed by atoms with Gasteiger partial charge in [0, 0.05) is 18.5 Å². The molecule has 0 bridgehead atoms. The van der Waals surface area contributed by atoms with Gasteiger partial charge in [-0.15, -0.1) is 6.58 Å². The normalized spacial score (nSPS) is 14.8. The van der Waals surface area contributed by atoms with Gasteiger partial charge in [-0.2, -0.15) is 0 Å². The third-order valence-corrected chi connectivity index (χ3v) is 4.86. The number of carbonyl (C=O) groups excluding carboxylic acids is 1. The quantitative estimate of drug-likeness (QED) is 0.616. The number of methoxy groups -OCH3 is 3. The van der Waals surface area contributed by atoms with E-state index in [0.717, 1.165) is 11.3 Å². The molecule has 8 nitrogen and oxygen atoms in total. The first-order chi connectivity index (χ1) is 15.1. The molecular weight excluding hydrogens is 398 g/mol. The molecule has 164 valence electrons. The minimum absolute atomic E-state index is 0.271. The van der Waals surface area contributed by atoms with Crippen molar-refractivity contribution < 1.29 is 23.8 Å². The Morgan fingerprint density at radius 2 is 1.90 bits per heavy atom. The Hall–Kier alpha value is -3.68. The Morgan fingerprint density at radius 3 is 2.61 bits per heavy atom. The molecule has 1 aliphatic heterocycles. The van der Waals surface area contributed by atoms with Gasteiger partial charge in [-0.1, -0.05) is 23.4 Å². The lowest BCUT2D eigenvalue weighted by Gasteiger charge is -2.24. The first-order valence-corrected chi connectivity index (χ1v) is 9.84. The van der Waals surface area contributed by atoms with E-state index in [1.807, 2.05) is 30.3 Å². The van der Waals surface area contributed by atoms with Crippen LogP contribution < -0.4 is 19.5 Å². The van der Waals surface area contributed by atoms with Gasteiger partial charge in [0.15, 0.2) is 17.6 Å². The maximum atomic E-state index is 12.9. The van der Waals surface area contributed by atoms with Gasteiger partial charge in [-0.05, 0) is 30.3 Å². The van der Waals surface area contributed by atoms with E-state index in [4.69, 9.17) is 19.0 Å². The van der Waals surface area contributed by atoms with E-state index in [1.165, 1.54) is 0 Å². The van der Waals surface area contributed by atoms with Gasteiger partial charge in [-0.25, -0.2) is 4.79 Å². The SMILES string of the molecule is C=CCN(C[C@H]1CC(c2ccc(OC)c(OC)c2)=NO1)C(=O)Nc1ccccc1OC. The lowest BCUT2D eigenvalue weighted by atomic mass is 10.0. The summed E-state index contributed by atoms with van der Waals surface area (Å²) in [5, 5.41) is 7.10. The van der Waals surface area contributed by atoms with Gasteiger partial charge in [0.2, 0.25) is 0 Å². The number of anilines is 1. The van der Waals surface area contributed by atoms with Crippen LogP contribution in [0.2, 0.25) is 0 Å². The van der Waals surface area contributed by atoms with Crippen LogP contribution in [0.1, 0.15) is 12.0 Å². The minimum Gasteiger partial charge on any atom is -0.495 e. The van der Waals surface area contributed by atoms with Crippen molar-refractivity contribution in [3.63, 3.8) is 0 Å². The van der Waals surface area contributed by atoms with Crippen molar-refractivity contribution in [2.24, 2.45) is 5.16 Å². The number of nitrogens with zero attached hydrogens (tertiary/aromatic N) is 2. The molecule has 1 N–H and O–H groups in total. The number of ether oxygens (including phenoxy) is 3. The van der Waals surface area contributed by atoms with Gasteiger partial charge >= 0.3 is 6.03 Å². The van der Waals surface area contributed by atoms with Crippen molar-refractivity contribution in [3.8, 4) is 17.2 Å². The summed E-state index contributed by atoms with van der Waals surface area (Å²) >= 11 is 0. The average molecular weight is 425 g/mol. The maximum absolute atomic E-state index is 12.9. The maximum Gasteiger partial charge on any atom is 0.322 e. The molecule has 0 saturated carbocycles. The molecule has 0 spiro atoms. The summed E-state index contributed by atoms with van der Waals surface area (Å²) in [5.41, 5.74) is 2.27. The van der Waals surface area contributed by atoms with Crippen LogP contribution >= 0.6 is 0 Å². The summed E-state index contributed by atoms with van der Waals surface area (Å²) in [5.74, 6) is 1.86. The Kier molecular flexibility index (Phi) is 7.37. The van der Waals surface area contributed by atoms with Crippen LogP contribution in [0.4, 0.5) is 10.5 Å². The Bertz CT molecular complexity index is 960. The monoisotopic (exact) mass is 425 g/mol. The predicted octanol–water partition coefficient (Wildman–Crippen LogP) is 3.93. The number of urea groups is 1. The summed E-state index contributed by atoms with van der Waals surface area (Å²) in [6, 6.07) is 12.6. The van der Waals surface area contributed by atoms with Crippen molar-refractivity contribution in [1.29, 1.82) is 0 Å². The number of hydrogen-bond donors (Lipinski definition) is 1. The largest absolute Gasteiger partial charge is 0.495 e. The van der Waals surface area contributed by atoms with Crippen molar-refractivity contribution in [3.05, 3.63) is 60.7 Å². The molecule has 31 heavy (non-hydrogen) atoms. The Labute approximate surface area is 182 Å². The minimum atomic E-state index is -0.272. The average Bonchev–Trinajstić information content (AvgIpc) is 3.27. The van der Waals surface area contributed by atoms with E-state index in [0.29, 0.717) is 42.4 Å². The molecule has 3 rings (SSSR count). The van der Waals surface area contributed by atoms with E-state index in [1.54, 1.807) is 44.4 Å². The summed E-state index contributed by atoms with van der Waals surface area (Å²) in [7, 11) is 4.74. The second kappa shape index (κ2) is 10.4. The van der Waals surface area contributed by atoms with Gasteiger partial charge < -0.3 is 29.3 Å². The zero-order chi connectivity index (χ0) is 22.2. The van der Waals surface area contributed by atoms with Crippen molar-refractivity contribution >= 4 is 17.4 Å². The number of oxime groups is 1. The zero-order valence-electron chi connectivity index (χ0n) is 18.0. The van der Waals surface area contributed by atoms with E-state index < -0.39 is 0 Å². The third-order valence-electron chi connectivity index (χ3n) is 4.86. The molecule has 2 amide bonds. The molecule has 1 atom stereocenters. The number of para-hydroxylation sites is 2. The number of rotatable bonds is 9. The number of nitrogens with one attached hydrogen (secondary N) is 1. The van der Waals surface area contributed by atoms with Crippen molar-refractivity contribution in [2.45, 2.75) is 12.5 Å². The lowest BCUT2D eigenvalue weighted by molar-refractivity contribution is 0.0645. The molecule has 1 heterocycles. The number of benzene rings is 2. The van der Waals surface area contributed by atoms with Gasteiger partial charge in [0.25, 0.3) is 0 Å². The van der Waals surface area contributed by atoms with Crippen LogP contribution in [-0.4, -0.2) is 57.2 Å². The highest BCUT2D eigenvalue weighted by atomic mass is 16.6. The molecule has 0 aromatic heterocycles. The van der Waals surface area contributed by atoms with E-state index >= 15 is 0 Å². The molecule has 8 heteroatoms. The highest BCUT2D eigenvalue weighted by Gasteiger charge is 2.27. The lowest BCUT2D eigenvalue weighted by Crippen LogP contribution is -2.40. The topological polar surface area (TPSA) is 81.6 Å². The standard InChI is InChI=1S/C23H27N3O5/c1-5-12-26(23(27)24-18-8-6-7-9-20(18)28-2)15-17-14-19(25-31-17)16-10-11-21(29-3)22(13-16)30-4/h5-11,13,17H,1,12,14-15H2,2-4H3,(H,24,27)/t17-/m1/s1. The van der Waals surface area contributed by atoms with Gasteiger partial charge in [0.1, 0.15) is 5.75 Å². The molecule has 0 aliphatic carbocycles. The number of carbonyl (C=O) groups is 1. The fraction of sp³-hybridized carbons (Fsp3) is 0.304. The van der Waals surface area contributed by atoms with Crippen LogP contribution in [-0.2, 0) is 4.84 Å².